The summed E-state index contributed by atoms with van der Waals surface area (Å²) in [7, 11) is 0. The molecule has 66 valence electrons. The largest absolute Gasteiger partial charge is 0.0845 e. The van der Waals surface area contributed by atoms with Crippen LogP contribution in [0.2, 0.25) is 0 Å². The lowest BCUT2D eigenvalue weighted by atomic mass is 10.1. The Morgan fingerprint density at radius 2 is 1.83 bits per heavy atom. The summed E-state index contributed by atoms with van der Waals surface area (Å²) in [5.74, 6) is 0. The van der Waals surface area contributed by atoms with Gasteiger partial charge < -0.3 is 0 Å². The van der Waals surface area contributed by atoms with E-state index in [0.29, 0.717) is 0 Å². The molecule has 0 rings (SSSR count). The van der Waals surface area contributed by atoms with Gasteiger partial charge in [0, 0.05) is 0 Å². The monoisotopic (exact) mass is 162 g/mol. The minimum atomic E-state index is 1.17. The first-order valence-corrected chi connectivity index (χ1v) is 4.74. The van der Waals surface area contributed by atoms with Gasteiger partial charge in [-0.1, -0.05) is 56.6 Å². The first kappa shape index (κ1) is 11.2. The Labute approximate surface area is 76.7 Å². The van der Waals surface area contributed by atoms with Crippen molar-refractivity contribution >= 4 is 0 Å². The number of allylic oxidation sites excluding steroid dienone is 5. The number of hydrogen-bond donors (Lipinski definition) is 0. The van der Waals surface area contributed by atoms with Gasteiger partial charge in [-0.3, -0.25) is 0 Å². The highest BCUT2D eigenvalue weighted by Crippen LogP contribution is 2.02. The molecule has 0 spiro atoms. The van der Waals surface area contributed by atoms with Crippen LogP contribution < -0.4 is 0 Å². The van der Waals surface area contributed by atoms with Crippen LogP contribution in [0.3, 0.4) is 0 Å². The Kier molecular flexibility index (Phi) is 9.56. The van der Waals surface area contributed by atoms with Gasteiger partial charge in [-0.15, -0.1) is 0 Å². The molecule has 0 bridgehead atoms. The van der Waals surface area contributed by atoms with Crippen molar-refractivity contribution in [2.24, 2.45) is 0 Å². The zero-order valence-electron chi connectivity index (χ0n) is 7.92. The lowest BCUT2D eigenvalue weighted by Crippen LogP contribution is -1.72. The normalized spacial score (nSPS) is 11.4. The first-order valence-electron chi connectivity index (χ1n) is 4.74. The summed E-state index contributed by atoms with van der Waals surface area (Å²) in [6, 6.07) is 0. The molecule has 0 amide bonds. The molecule has 0 aromatic rings. The summed E-state index contributed by atoms with van der Waals surface area (Å²) in [4.78, 5) is 0. The summed E-state index contributed by atoms with van der Waals surface area (Å²) in [5, 5.41) is 0. The van der Waals surface area contributed by atoms with Crippen LogP contribution in [0.15, 0.2) is 30.4 Å². The summed E-state index contributed by atoms with van der Waals surface area (Å²) >= 11 is 0. The predicted molar refractivity (Wildman–Crippen MR) is 54.9 cm³/mol. The Hall–Kier alpha value is -0.780. The minimum Gasteiger partial charge on any atom is -0.0845 e. The molecule has 0 aliphatic rings. The highest BCUT2D eigenvalue weighted by atomic mass is 13.9. The van der Waals surface area contributed by atoms with Gasteiger partial charge in [0.15, 0.2) is 0 Å². The smallest absolute Gasteiger partial charge is 0.00990 e. The number of unbranched alkanes of at least 4 members (excludes halogenated alkanes) is 4. The molecule has 0 saturated heterocycles. The molecule has 0 aliphatic heterocycles. The maximum absolute atomic E-state index is 6.73. The molecular weight excluding hydrogens is 144 g/mol. The third-order valence-electron chi connectivity index (χ3n) is 1.68. The first-order chi connectivity index (χ1) is 5.91. The summed E-state index contributed by atoms with van der Waals surface area (Å²) in [5.41, 5.74) is 0. The minimum absolute atomic E-state index is 1.17. The summed E-state index contributed by atoms with van der Waals surface area (Å²) in [6.45, 7) is 8.95. The van der Waals surface area contributed by atoms with Crippen molar-refractivity contribution < 1.29 is 0 Å². The van der Waals surface area contributed by atoms with Crippen LogP contribution in [0.4, 0.5) is 0 Å². The Balaban J connectivity index is 3.13. The fourth-order valence-electron chi connectivity index (χ4n) is 0.983. The molecule has 0 nitrogen and oxygen atoms in total. The van der Waals surface area contributed by atoms with E-state index in [1.165, 1.54) is 38.2 Å². The molecule has 0 saturated carbocycles. The van der Waals surface area contributed by atoms with E-state index in [1.807, 2.05) is 12.2 Å². The average molecular weight is 162 g/mol. The van der Waals surface area contributed by atoms with Gasteiger partial charge in [-0.05, 0) is 19.4 Å². The molecule has 0 heterocycles. The van der Waals surface area contributed by atoms with Gasteiger partial charge in [0.05, 0.1) is 0 Å². The van der Waals surface area contributed by atoms with Gasteiger partial charge in [-0.25, -0.2) is 0 Å². The van der Waals surface area contributed by atoms with Crippen LogP contribution in [0.1, 0.15) is 39.0 Å². The van der Waals surface area contributed by atoms with E-state index in [1.54, 1.807) is 6.08 Å². The highest BCUT2D eigenvalue weighted by Gasteiger charge is 1.82. The lowest BCUT2D eigenvalue weighted by Gasteiger charge is -1.92. The van der Waals surface area contributed by atoms with Crippen molar-refractivity contribution in [3.8, 4) is 0 Å². The van der Waals surface area contributed by atoms with Gasteiger partial charge in [-0.2, -0.15) is 0 Å². The molecule has 2 radical (unpaired) electrons. The SMILES string of the molecule is [C]=CC=CC=CCCCCCC. The van der Waals surface area contributed by atoms with E-state index in [2.05, 4.69) is 13.0 Å². The third kappa shape index (κ3) is 9.22. The predicted octanol–water partition coefficient (Wildman–Crippen LogP) is 3.94. The Morgan fingerprint density at radius 1 is 1.00 bits per heavy atom. The molecule has 0 aromatic carbocycles. The second-order valence-electron chi connectivity index (χ2n) is 2.83. The van der Waals surface area contributed by atoms with Crippen LogP contribution in [0.5, 0.6) is 0 Å². The van der Waals surface area contributed by atoms with Crippen molar-refractivity contribution in [2.45, 2.75) is 39.0 Å². The fourth-order valence-corrected chi connectivity index (χ4v) is 0.983. The van der Waals surface area contributed by atoms with Crippen molar-refractivity contribution in [3.63, 3.8) is 0 Å². The second-order valence-corrected chi connectivity index (χ2v) is 2.83. The molecule has 0 aromatic heterocycles. The molecular formula is C12H18. The standard InChI is InChI=1S/C12H18/c1-3-5-7-9-11-12-10-8-6-4-2/h4,6,8,10,12H,3,5,7,9,11H2,1H3. The number of hydrogen-bond acceptors (Lipinski definition) is 0. The highest BCUT2D eigenvalue weighted by molar-refractivity contribution is 5.07. The quantitative estimate of drug-likeness (QED) is 0.393. The maximum Gasteiger partial charge on any atom is -0.00990 e. The van der Waals surface area contributed by atoms with Crippen molar-refractivity contribution in [3.05, 3.63) is 37.0 Å². The lowest BCUT2D eigenvalue weighted by molar-refractivity contribution is 0.674. The van der Waals surface area contributed by atoms with E-state index in [0.717, 1.165) is 0 Å². The molecule has 12 heavy (non-hydrogen) atoms. The zero-order valence-corrected chi connectivity index (χ0v) is 7.92. The zero-order chi connectivity index (χ0) is 9.07. The molecule has 0 aliphatic carbocycles. The van der Waals surface area contributed by atoms with Crippen molar-refractivity contribution in [1.29, 1.82) is 0 Å². The molecule has 0 unspecified atom stereocenters. The van der Waals surface area contributed by atoms with Gasteiger partial charge in [0.1, 0.15) is 0 Å². The van der Waals surface area contributed by atoms with E-state index in [-0.39, 0.29) is 0 Å². The summed E-state index contributed by atoms with van der Waals surface area (Å²) in [6.07, 6.45) is 15.5. The topological polar surface area (TPSA) is 0 Å². The van der Waals surface area contributed by atoms with Crippen LogP contribution >= 0.6 is 0 Å². The fraction of sp³-hybridized carbons (Fsp3) is 0.500. The number of rotatable bonds is 7. The molecule has 0 atom stereocenters. The molecule has 0 fully saturated rings. The Morgan fingerprint density at radius 3 is 2.50 bits per heavy atom. The third-order valence-corrected chi connectivity index (χ3v) is 1.68. The molecule has 0 heteroatoms. The van der Waals surface area contributed by atoms with Crippen LogP contribution in [-0.2, 0) is 0 Å². The van der Waals surface area contributed by atoms with Gasteiger partial charge in [0.2, 0.25) is 0 Å². The van der Waals surface area contributed by atoms with Crippen LogP contribution in [-0.4, -0.2) is 0 Å². The Bertz CT molecular complexity index is 140. The average Bonchev–Trinajstić information content (AvgIpc) is 2.10. The maximum atomic E-state index is 6.73. The van der Waals surface area contributed by atoms with E-state index < -0.39 is 0 Å². The molecule has 0 N–H and O–H groups in total. The van der Waals surface area contributed by atoms with Gasteiger partial charge in [0.25, 0.3) is 0 Å². The van der Waals surface area contributed by atoms with Crippen LogP contribution in [0.25, 0.3) is 0 Å². The second kappa shape index (κ2) is 10.2. The van der Waals surface area contributed by atoms with E-state index >= 15 is 0 Å². The van der Waals surface area contributed by atoms with Crippen LogP contribution in [0, 0.1) is 6.58 Å². The van der Waals surface area contributed by atoms with Crippen molar-refractivity contribution in [1.82, 2.24) is 0 Å². The van der Waals surface area contributed by atoms with E-state index in [4.69, 9.17) is 6.58 Å². The van der Waals surface area contributed by atoms with Gasteiger partial charge >= 0.3 is 0 Å². The van der Waals surface area contributed by atoms with E-state index in [9.17, 15) is 0 Å². The summed E-state index contributed by atoms with van der Waals surface area (Å²) < 4.78 is 0. The van der Waals surface area contributed by atoms with Crippen molar-refractivity contribution in [2.75, 3.05) is 0 Å².